The van der Waals surface area contributed by atoms with Gasteiger partial charge in [0.05, 0.1) is 5.01 Å². The summed E-state index contributed by atoms with van der Waals surface area (Å²) < 4.78 is 15.2. The van der Waals surface area contributed by atoms with Gasteiger partial charge in [0, 0.05) is 37.1 Å². The normalized spacial score (nSPS) is 20.0. The van der Waals surface area contributed by atoms with Gasteiger partial charge < -0.3 is 14.8 Å². The zero-order chi connectivity index (χ0) is 20.8. The van der Waals surface area contributed by atoms with E-state index in [0.29, 0.717) is 37.4 Å². The third-order valence-corrected chi connectivity index (χ3v) is 6.45. The lowest BCUT2D eigenvalue weighted by atomic mass is 9.89. The predicted octanol–water partition coefficient (Wildman–Crippen LogP) is 2.38. The Bertz CT molecular complexity index is 1140. The van der Waals surface area contributed by atoms with Crippen molar-refractivity contribution in [2.45, 2.75) is 19.9 Å². The highest BCUT2D eigenvalue weighted by molar-refractivity contribution is 7.09. The first kappa shape index (κ1) is 18.9. The van der Waals surface area contributed by atoms with Crippen LogP contribution in [0.2, 0.25) is 0 Å². The lowest BCUT2D eigenvalue weighted by Gasteiger charge is -2.25. The van der Waals surface area contributed by atoms with Gasteiger partial charge in [-0.2, -0.15) is 0 Å². The standard InChI is InChI=1S/C20H19FN6O2S/c1-11-22-16(10-30-11)20(29)26-7-12-5-17-24-25-18(27(17)9-13(12)8-26)19(28)23-15-4-2-3-14(21)6-15/h2-4,6,10,12-13H,5,7-9H2,1H3,(H,23,28)/t12-,13-/m0/s1. The molecule has 0 aliphatic carbocycles. The molecule has 5 rings (SSSR count). The third-order valence-electron chi connectivity index (χ3n) is 5.68. The third kappa shape index (κ3) is 3.36. The van der Waals surface area contributed by atoms with E-state index in [2.05, 4.69) is 20.5 Å². The van der Waals surface area contributed by atoms with Gasteiger partial charge in [0.1, 0.15) is 17.3 Å². The van der Waals surface area contributed by atoms with E-state index in [-0.39, 0.29) is 23.6 Å². The Kier molecular flexibility index (Phi) is 4.58. The quantitative estimate of drug-likeness (QED) is 0.694. The van der Waals surface area contributed by atoms with E-state index in [9.17, 15) is 14.0 Å². The van der Waals surface area contributed by atoms with E-state index in [1.165, 1.54) is 29.5 Å². The van der Waals surface area contributed by atoms with E-state index < -0.39 is 11.7 Å². The van der Waals surface area contributed by atoms with Crippen LogP contribution in [0.4, 0.5) is 10.1 Å². The summed E-state index contributed by atoms with van der Waals surface area (Å²) in [6.45, 7) is 3.72. The number of nitrogens with zero attached hydrogens (tertiary/aromatic N) is 5. The second kappa shape index (κ2) is 7.28. The maximum Gasteiger partial charge on any atom is 0.293 e. The van der Waals surface area contributed by atoms with Crippen LogP contribution in [-0.2, 0) is 13.0 Å². The van der Waals surface area contributed by atoms with Crippen LogP contribution < -0.4 is 5.32 Å². The Labute approximate surface area is 175 Å². The largest absolute Gasteiger partial charge is 0.337 e. The van der Waals surface area contributed by atoms with Gasteiger partial charge in [-0.3, -0.25) is 9.59 Å². The van der Waals surface area contributed by atoms with E-state index in [1.54, 1.807) is 11.4 Å². The molecule has 2 aliphatic heterocycles. The first-order valence-corrected chi connectivity index (χ1v) is 10.6. The Balaban J connectivity index is 1.31. The number of aryl methyl sites for hydroxylation is 1. The summed E-state index contributed by atoms with van der Waals surface area (Å²) in [5.41, 5.74) is 0.855. The van der Waals surface area contributed by atoms with Crippen molar-refractivity contribution >= 4 is 28.8 Å². The number of aromatic nitrogens is 4. The van der Waals surface area contributed by atoms with Crippen LogP contribution in [0, 0.1) is 24.6 Å². The number of amides is 2. The van der Waals surface area contributed by atoms with Crippen molar-refractivity contribution in [2.75, 3.05) is 18.4 Å². The number of rotatable bonds is 3. The monoisotopic (exact) mass is 426 g/mol. The SMILES string of the molecule is Cc1nc(C(=O)N2C[C@@H]3Cc4nnc(C(=O)Nc5cccc(F)c5)n4C[C@@H]3C2)cs1. The van der Waals surface area contributed by atoms with Crippen molar-refractivity contribution in [3.8, 4) is 0 Å². The fourth-order valence-corrected chi connectivity index (χ4v) is 4.82. The van der Waals surface area contributed by atoms with Gasteiger partial charge in [0.2, 0.25) is 5.82 Å². The molecule has 0 unspecified atom stereocenters. The number of carbonyl (C=O) groups is 2. The fourth-order valence-electron chi connectivity index (χ4n) is 4.23. The number of benzene rings is 1. The number of fused-ring (bicyclic) bond motifs is 2. The Morgan fingerprint density at radius 2 is 2.03 bits per heavy atom. The maximum absolute atomic E-state index is 13.4. The number of carbonyl (C=O) groups excluding carboxylic acids is 2. The molecule has 10 heteroatoms. The summed E-state index contributed by atoms with van der Waals surface area (Å²) in [6.07, 6.45) is 0.658. The van der Waals surface area contributed by atoms with Gasteiger partial charge >= 0.3 is 0 Å². The molecule has 0 bridgehead atoms. The first-order chi connectivity index (χ1) is 14.5. The highest BCUT2D eigenvalue weighted by Gasteiger charge is 2.41. The minimum atomic E-state index is -0.429. The van der Waals surface area contributed by atoms with Crippen molar-refractivity contribution in [2.24, 2.45) is 11.8 Å². The predicted molar refractivity (Wildman–Crippen MR) is 108 cm³/mol. The van der Waals surface area contributed by atoms with Crippen LogP contribution in [0.1, 0.15) is 31.9 Å². The first-order valence-electron chi connectivity index (χ1n) is 9.68. The van der Waals surface area contributed by atoms with Gasteiger partial charge in [-0.25, -0.2) is 9.37 Å². The molecule has 2 aliphatic rings. The fraction of sp³-hybridized carbons (Fsp3) is 0.350. The Morgan fingerprint density at radius 1 is 1.20 bits per heavy atom. The molecule has 1 N–H and O–H groups in total. The van der Waals surface area contributed by atoms with E-state index in [0.717, 1.165) is 10.8 Å². The van der Waals surface area contributed by atoms with E-state index >= 15 is 0 Å². The average Bonchev–Trinajstić information content (AvgIpc) is 3.43. The second-order valence-corrected chi connectivity index (χ2v) is 8.76. The molecule has 1 saturated heterocycles. The lowest BCUT2D eigenvalue weighted by Crippen LogP contribution is -2.31. The number of hydrogen-bond acceptors (Lipinski definition) is 6. The van der Waals surface area contributed by atoms with Crippen molar-refractivity contribution in [3.63, 3.8) is 0 Å². The molecular weight excluding hydrogens is 407 g/mol. The van der Waals surface area contributed by atoms with E-state index in [1.807, 2.05) is 16.4 Å². The molecular formula is C20H19FN6O2S. The summed E-state index contributed by atoms with van der Waals surface area (Å²) in [5, 5.41) is 13.6. The van der Waals surface area contributed by atoms with Crippen LogP contribution >= 0.6 is 11.3 Å². The van der Waals surface area contributed by atoms with Crippen LogP contribution in [0.25, 0.3) is 0 Å². The highest BCUT2D eigenvalue weighted by Crippen LogP contribution is 2.33. The minimum Gasteiger partial charge on any atom is -0.337 e. The summed E-state index contributed by atoms with van der Waals surface area (Å²) >= 11 is 1.47. The molecule has 2 aromatic heterocycles. The highest BCUT2D eigenvalue weighted by atomic mass is 32.1. The number of nitrogens with one attached hydrogen (secondary N) is 1. The topological polar surface area (TPSA) is 93.0 Å². The summed E-state index contributed by atoms with van der Waals surface area (Å²) in [6, 6.07) is 5.71. The molecule has 154 valence electrons. The average molecular weight is 426 g/mol. The molecule has 2 atom stereocenters. The number of likely N-dealkylation sites (tertiary alicyclic amines) is 1. The molecule has 0 spiro atoms. The van der Waals surface area contributed by atoms with Gasteiger partial charge in [-0.15, -0.1) is 21.5 Å². The molecule has 0 saturated carbocycles. The Hall–Kier alpha value is -3.14. The number of thiazole rings is 1. The van der Waals surface area contributed by atoms with Crippen molar-refractivity contribution in [1.29, 1.82) is 0 Å². The summed E-state index contributed by atoms with van der Waals surface area (Å²) in [4.78, 5) is 31.6. The van der Waals surface area contributed by atoms with Crippen LogP contribution in [0.3, 0.4) is 0 Å². The van der Waals surface area contributed by atoms with Crippen molar-refractivity contribution in [1.82, 2.24) is 24.6 Å². The van der Waals surface area contributed by atoms with Crippen LogP contribution in [0.15, 0.2) is 29.6 Å². The smallest absolute Gasteiger partial charge is 0.293 e. The van der Waals surface area contributed by atoms with Gasteiger partial charge in [-0.05, 0) is 37.0 Å². The Morgan fingerprint density at radius 3 is 2.80 bits per heavy atom. The van der Waals surface area contributed by atoms with Gasteiger partial charge in [-0.1, -0.05) is 6.07 Å². The molecule has 8 nitrogen and oxygen atoms in total. The minimum absolute atomic E-state index is 0.0476. The van der Waals surface area contributed by atoms with Crippen molar-refractivity contribution in [3.05, 3.63) is 57.8 Å². The van der Waals surface area contributed by atoms with Gasteiger partial charge in [0.15, 0.2) is 0 Å². The molecule has 1 fully saturated rings. The van der Waals surface area contributed by atoms with E-state index in [4.69, 9.17) is 0 Å². The molecule has 4 heterocycles. The van der Waals surface area contributed by atoms with Crippen molar-refractivity contribution < 1.29 is 14.0 Å². The molecule has 1 aromatic carbocycles. The summed E-state index contributed by atoms with van der Waals surface area (Å²) in [5.74, 6) is 0.537. The number of hydrogen-bond donors (Lipinski definition) is 1. The number of anilines is 1. The maximum atomic E-state index is 13.4. The molecule has 3 aromatic rings. The lowest BCUT2D eigenvalue weighted by molar-refractivity contribution is 0.0778. The second-order valence-electron chi connectivity index (χ2n) is 7.70. The summed E-state index contributed by atoms with van der Waals surface area (Å²) in [7, 11) is 0. The zero-order valence-corrected chi connectivity index (χ0v) is 17.0. The number of halogens is 1. The van der Waals surface area contributed by atoms with Crippen LogP contribution in [-0.4, -0.2) is 49.6 Å². The molecule has 2 amide bonds. The molecule has 0 radical (unpaired) electrons. The zero-order valence-electron chi connectivity index (χ0n) is 16.2. The van der Waals surface area contributed by atoms with Gasteiger partial charge in [0.25, 0.3) is 11.8 Å². The van der Waals surface area contributed by atoms with Crippen LogP contribution in [0.5, 0.6) is 0 Å². The molecule has 30 heavy (non-hydrogen) atoms.